The van der Waals surface area contributed by atoms with E-state index in [1.807, 2.05) is 6.92 Å². The molecule has 1 rings (SSSR count). The second-order valence-corrected chi connectivity index (χ2v) is 5.93. The Kier molecular flexibility index (Phi) is 5.97. The summed E-state index contributed by atoms with van der Waals surface area (Å²) in [6.07, 6.45) is 1.00. The zero-order chi connectivity index (χ0) is 15.2. The van der Waals surface area contributed by atoms with Gasteiger partial charge in [0.2, 0.25) is 15.9 Å². The Morgan fingerprint density at radius 1 is 1.30 bits per heavy atom. The van der Waals surface area contributed by atoms with Crippen LogP contribution in [0.4, 0.5) is 5.69 Å². The van der Waals surface area contributed by atoms with Crippen LogP contribution >= 0.6 is 0 Å². The summed E-state index contributed by atoms with van der Waals surface area (Å²) in [4.78, 5) is 11.5. The van der Waals surface area contributed by atoms with Gasteiger partial charge in [-0.05, 0) is 24.6 Å². The predicted octanol–water partition coefficient (Wildman–Crippen LogP) is 1.73. The van der Waals surface area contributed by atoms with E-state index in [1.54, 1.807) is 6.92 Å². The van der Waals surface area contributed by atoms with Crippen LogP contribution in [0.1, 0.15) is 26.7 Å². The molecule has 0 aromatic heterocycles. The maximum absolute atomic E-state index is 12.0. The van der Waals surface area contributed by atoms with Gasteiger partial charge in [-0.25, -0.2) is 13.1 Å². The van der Waals surface area contributed by atoms with Gasteiger partial charge in [-0.15, -0.1) is 0 Å². The number of hydrogen-bond acceptors (Lipinski definition) is 4. The molecule has 1 amide bonds. The van der Waals surface area contributed by atoms with E-state index in [0.717, 1.165) is 0 Å². The van der Waals surface area contributed by atoms with E-state index < -0.39 is 10.0 Å². The molecule has 7 heteroatoms. The molecule has 0 radical (unpaired) electrons. The Hall–Kier alpha value is -1.60. The largest absolute Gasteiger partial charge is 0.495 e. The summed E-state index contributed by atoms with van der Waals surface area (Å²) in [6.45, 7) is 3.96. The number of rotatable bonds is 7. The fraction of sp³-hybridized carbons (Fsp3) is 0.462. The minimum atomic E-state index is -3.57. The highest BCUT2D eigenvalue weighted by Gasteiger charge is 2.16. The summed E-state index contributed by atoms with van der Waals surface area (Å²) in [6, 6.07) is 4.36. The molecule has 0 aliphatic carbocycles. The van der Waals surface area contributed by atoms with E-state index in [0.29, 0.717) is 30.8 Å². The smallest absolute Gasteiger partial charge is 0.240 e. The Morgan fingerprint density at radius 2 is 2.00 bits per heavy atom. The van der Waals surface area contributed by atoms with Crippen LogP contribution in [0.25, 0.3) is 0 Å². The van der Waals surface area contributed by atoms with Crippen molar-refractivity contribution >= 4 is 21.6 Å². The molecule has 2 N–H and O–H groups in total. The van der Waals surface area contributed by atoms with Crippen molar-refractivity contribution in [2.75, 3.05) is 19.0 Å². The lowest BCUT2D eigenvalue weighted by Crippen LogP contribution is -2.24. The van der Waals surface area contributed by atoms with Gasteiger partial charge in [0.1, 0.15) is 5.75 Å². The number of amides is 1. The van der Waals surface area contributed by atoms with Crippen molar-refractivity contribution in [2.24, 2.45) is 0 Å². The van der Waals surface area contributed by atoms with Crippen molar-refractivity contribution in [1.29, 1.82) is 0 Å². The molecular weight excluding hydrogens is 280 g/mol. The fourth-order valence-electron chi connectivity index (χ4n) is 1.51. The lowest BCUT2D eigenvalue weighted by Gasteiger charge is -2.12. The van der Waals surface area contributed by atoms with Crippen molar-refractivity contribution in [3.05, 3.63) is 18.2 Å². The molecule has 0 saturated carbocycles. The Balaban J connectivity index is 3.12. The molecule has 20 heavy (non-hydrogen) atoms. The number of benzene rings is 1. The Morgan fingerprint density at radius 3 is 2.55 bits per heavy atom. The lowest BCUT2D eigenvalue weighted by molar-refractivity contribution is -0.115. The molecule has 0 atom stereocenters. The van der Waals surface area contributed by atoms with E-state index in [-0.39, 0.29) is 10.8 Å². The first-order chi connectivity index (χ1) is 9.44. The average Bonchev–Trinajstić information content (AvgIpc) is 2.44. The van der Waals surface area contributed by atoms with Crippen LogP contribution in [-0.4, -0.2) is 28.0 Å². The van der Waals surface area contributed by atoms with Crippen molar-refractivity contribution in [2.45, 2.75) is 31.6 Å². The van der Waals surface area contributed by atoms with Crippen molar-refractivity contribution < 1.29 is 17.9 Å². The van der Waals surface area contributed by atoms with E-state index in [9.17, 15) is 13.2 Å². The summed E-state index contributed by atoms with van der Waals surface area (Å²) in [5.74, 6) is 0.209. The van der Waals surface area contributed by atoms with Gasteiger partial charge >= 0.3 is 0 Å². The third kappa shape index (κ3) is 4.21. The number of nitrogens with one attached hydrogen (secondary N) is 2. The van der Waals surface area contributed by atoms with E-state index in [4.69, 9.17) is 4.74 Å². The number of carbonyl (C=O) groups excluding carboxylic acids is 1. The number of methoxy groups -OCH3 is 1. The number of ether oxygens (including phenoxy) is 1. The molecule has 112 valence electrons. The minimum Gasteiger partial charge on any atom is -0.495 e. The van der Waals surface area contributed by atoms with Crippen LogP contribution in [0.2, 0.25) is 0 Å². The molecule has 0 spiro atoms. The molecule has 6 nitrogen and oxygen atoms in total. The predicted molar refractivity (Wildman–Crippen MR) is 77.4 cm³/mol. The molecule has 0 unspecified atom stereocenters. The second kappa shape index (κ2) is 7.25. The molecule has 0 fully saturated rings. The van der Waals surface area contributed by atoms with Crippen LogP contribution in [0.15, 0.2) is 23.1 Å². The fourth-order valence-corrected chi connectivity index (χ4v) is 2.67. The molecule has 1 aromatic rings. The highest BCUT2D eigenvalue weighted by atomic mass is 32.2. The highest BCUT2D eigenvalue weighted by molar-refractivity contribution is 7.89. The van der Waals surface area contributed by atoms with Crippen molar-refractivity contribution in [1.82, 2.24) is 4.72 Å². The molecule has 0 heterocycles. The summed E-state index contributed by atoms with van der Waals surface area (Å²) >= 11 is 0. The maximum Gasteiger partial charge on any atom is 0.240 e. The van der Waals surface area contributed by atoms with Gasteiger partial charge in [0, 0.05) is 13.0 Å². The highest BCUT2D eigenvalue weighted by Crippen LogP contribution is 2.27. The summed E-state index contributed by atoms with van der Waals surface area (Å²) in [5, 5.41) is 2.62. The molecule has 1 aromatic carbocycles. The van der Waals surface area contributed by atoms with Crippen molar-refractivity contribution in [3.63, 3.8) is 0 Å². The molecule has 0 aliphatic heterocycles. The quantitative estimate of drug-likeness (QED) is 0.803. The first kappa shape index (κ1) is 16.5. The molecular formula is C13H20N2O4S. The summed E-state index contributed by atoms with van der Waals surface area (Å²) in [7, 11) is -2.11. The molecule has 0 bridgehead atoms. The molecule has 0 saturated heterocycles. The van der Waals surface area contributed by atoms with Crippen LogP contribution < -0.4 is 14.8 Å². The van der Waals surface area contributed by atoms with Gasteiger partial charge in [0.25, 0.3) is 0 Å². The van der Waals surface area contributed by atoms with Crippen LogP contribution in [0, 0.1) is 0 Å². The topological polar surface area (TPSA) is 84.5 Å². The summed E-state index contributed by atoms with van der Waals surface area (Å²) < 4.78 is 31.7. The second-order valence-electron chi connectivity index (χ2n) is 4.16. The normalized spacial score (nSPS) is 11.2. The van der Waals surface area contributed by atoms with Gasteiger partial charge in [-0.2, -0.15) is 0 Å². The van der Waals surface area contributed by atoms with E-state index in [2.05, 4.69) is 10.0 Å². The van der Waals surface area contributed by atoms with Gasteiger partial charge in [-0.1, -0.05) is 13.8 Å². The van der Waals surface area contributed by atoms with Gasteiger partial charge < -0.3 is 10.1 Å². The third-order valence-electron chi connectivity index (χ3n) is 2.62. The van der Waals surface area contributed by atoms with E-state index >= 15 is 0 Å². The van der Waals surface area contributed by atoms with Crippen LogP contribution in [-0.2, 0) is 14.8 Å². The van der Waals surface area contributed by atoms with Crippen LogP contribution in [0.5, 0.6) is 5.75 Å². The van der Waals surface area contributed by atoms with Crippen LogP contribution in [0.3, 0.4) is 0 Å². The maximum atomic E-state index is 12.0. The van der Waals surface area contributed by atoms with E-state index in [1.165, 1.54) is 25.3 Å². The number of sulfonamides is 1. The minimum absolute atomic E-state index is 0.0955. The first-order valence-corrected chi connectivity index (χ1v) is 7.90. The van der Waals surface area contributed by atoms with Gasteiger partial charge in [0.15, 0.2) is 0 Å². The number of carbonyl (C=O) groups is 1. The molecule has 0 aliphatic rings. The Bertz CT molecular complexity index is 570. The standard InChI is InChI=1S/C13H20N2O4S/c1-4-8-14-20(17,18)10-6-7-12(19-3)11(9-10)15-13(16)5-2/h6-7,9,14H,4-5,8H2,1-3H3,(H,15,16). The van der Waals surface area contributed by atoms with Gasteiger partial charge in [-0.3, -0.25) is 4.79 Å². The van der Waals surface area contributed by atoms with Gasteiger partial charge in [0.05, 0.1) is 17.7 Å². The monoisotopic (exact) mass is 300 g/mol. The zero-order valence-corrected chi connectivity index (χ0v) is 12.7. The number of hydrogen-bond donors (Lipinski definition) is 2. The number of anilines is 1. The Labute approximate surface area is 119 Å². The summed E-state index contributed by atoms with van der Waals surface area (Å²) in [5.41, 5.74) is 0.346. The average molecular weight is 300 g/mol. The third-order valence-corrected chi connectivity index (χ3v) is 4.08. The zero-order valence-electron chi connectivity index (χ0n) is 11.9. The first-order valence-electron chi connectivity index (χ1n) is 6.42. The van der Waals surface area contributed by atoms with Crippen molar-refractivity contribution in [3.8, 4) is 5.75 Å². The lowest BCUT2D eigenvalue weighted by atomic mass is 10.3. The SMILES string of the molecule is CCCNS(=O)(=O)c1ccc(OC)c(NC(=O)CC)c1.